The maximum absolute atomic E-state index is 12.6. The maximum Gasteiger partial charge on any atom is 0.203 e. The fourth-order valence-electron chi connectivity index (χ4n) is 2.42. The molecule has 96 valence electrons. The molecule has 1 aromatic carbocycles. The van der Waals surface area contributed by atoms with Crippen molar-refractivity contribution in [3.05, 3.63) is 40.8 Å². The summed E-state index contributed by atoms with van der Waals surface area (Å²) in [6.45, 7) is 3.19. The molecule has 0 radical (unpaired) electrons. The van der Waals surface area contributed by atoms with Crippen LogP contribution in [0.25, 0.3) is 0 Å². The van der Waals surface area contributed by atoms with Crippen molar-refractivity contribution in [2.75, 3.05) is 13.2 Å². The molecule has 0 saturated carbocycles. The van der Waals surface area contributed by atoms with Gasteiger partial charge < -0.3 is 9.47 Å². The summed E-state index contributed by atoms with van der Waals surface area (Å²) in [5, 5.41) is 0. The molecule has 0 aromatic heterocycles. The van der Waals surface area contributed by atoms with E-state index in [0.29, 0.717) is 13.2 Å². The lowest BCUT2D eigenvalue weighted by Gasteiger charge is -2.24. The number of ether oxygens (including phenoxy) is 2. The van der Waals surface area contributed by atoms with Gasteiger partial charge in [0.15, 0.2) is 0 Å². The Balaban J connectivity index is 1.90. The number of benzene rings is 1. The van der Waals surface area contributed by atoms with E-state index in [1.54, 1.807) is 0 Å². The van der Waals surface area contributed by atoms with Gasteiger partial charge in [-0.3, -0.25) is 0 Å². The Labute approximate surface area is 109 Å². The Morgan fingerprint density at radius 2 is 1.83 bits per heavy atom. The van der Waals surface area contributed by atoms with E-state index in [4.69, 9.17) is 9.47 Å². The van der Waals surface area contributed by atoms with E-state index in [0.717, 1.165) is 22.6 Å². The monoisotopic (exact) mass is 264 g/mol. The van der Waals surface area contributed by atoms with Crippen molar-refractivity contribution in [1.82, 2.24) is 0 Å². The lowest BCUT2D eigenvalue weighted by atomic mass is 10.2. The second-order valence-corrected chi connectivity index (χ2v) is 6.09. The van der Waals surface area contributed by atoms with Crippen LogP contribution in [0.5, 0.6) is 0 Å². The van der Waals surface area contributed by atoms with E-state index in [2.05, 4.69) is 0 Å². The topological polar surface area (TPSA) is 35.5 Å². The summed E-state index contributed by atoms with van der Waals surface area (Å²) >= 11 is 0. The third kappa shape index (κ3) is 1.94. The molecule has 2 aliphatic rings. The average Bonchev–Trinajstić information content (AvgIpc) is 3.01. The number of allylic oxidation sites excluding steroid dienone is 1. The van der Waals surface area contributed by atoms with Crippen LogP contribution in [0.3, 0.4) is 0 Å². The molecule has 1 aromatic rings. The van der Waals surface area contributed by atoms with Gasteiger partial charge in [0, 0.05) is 11.3 Å². The highest BCUT2D eigenvalue weighted by molar-refractivity contribution is 7.89. The highest BCUT2D eigenvalue weighted by Crippen LogP contribution is 2.41. The van der Waals surface area contributed by atoms with Gasteiger partial charge in [0.25, 0.3) is 0 Å². The zero-order valence-electron chi connectivity index (χ0n) is 10.3. The SMILES string of the molecule is Cc1ccc([S@](=O)C2=CCCC23OCCO3)cc1. The van der Waals surface area contributed by atoms with E-state index >= 15 is 0 Å². The van der Waals surface area contributed by atoms with Crippen LogP contribution in [-0.2, 0) is 20.3 Å². The minimum absolute atomic E-state index is 0.586. The lowest BCUT2D eigenvalue weighted by Crippen LogP contribution is -2.31. The van der Waals surface area contributed by atoms with Crippen LogP contribution in [0.15, 0.2) is 40.1 Å². The van der Waals surface area contributed by atoms with Gasteiger partial charge in [0.2, 0.25) is 5.79 Å². The number of hydrogen-bond donors (Lipinski definition) is 0. The summed E-state index contributed by atoms with van der Waals surface area (Å²) in [6, 6.07) is 7.78. The van der Waals surface area contributed by atoms with Gasteiger partial charge in [0.1, 0.15) is 0 Å². The van der Waals surface area contributed by atoms with E-state index < -0.39 is 16.6 Å². The lowest BCUT2D eigenvalue weighted by molar-refractivity contribution is -0.118. The van der Waals surface area contributed by atoms with Gasteiger partial charge in [0.05, 0.1) is 28.9 Å². The summed E-state index contributed by atoms with van der Waals surface area (Å²) in [7, 11) is -1.19. The fourth-order valence-corrected chi connectivity index (χ4v) is 3.83. The Morgan fingerprint density at radius 3 is 2.50 bits per heavy atom. The molecule has 3 nitrogen and oxygen atoms in total. The van der Waals surface area contributed by atoms with Crippen molar-refractivity contribution in [2.24, 2.45) is 0 Å². The van der Waals surface area contributed by atoms with Crippen LogP contribution in [0, 0.1) is 6.92 Å². The summed E-state index contributed by atoms with van der Waals surface area (Å²) in [6.07, 6.45) is 3.65. The molecule has 1 saturated heterocycles. The van der Waals surface area contributed by atoms with Gasteiger partial charge in [-0.2, -0.15) is 0 Å². The molecule has 4 heteroatoms. The zero-order valence-corrected chi connectivity index (χ0v) is 11.2. The standard InChI is InChI=1S/C14H16O3S/c1-11-4-6-12(7-5-11)18(15)13-3-2-8-14(13)16-9-10-17-14/h3-7H,2,8-10H2,1H3/t18-/m0/s1. The minimum Gasteiger partial charge on any atom is -0.343 e. The molecule has 0 amide bonds. The van der Waals surface area contributed by atoms with Crippen LogP contribution in [-0.4, -0.2) is 23.2 Å². The second-order valence-electron chi connectivity index (χ2n) is 4.64. The predicted octanol–water partition coefficient (Wildman–Crippen LogP) is 2.52. The van der Waals surface area contributed by atoms with Crippen molar-refractivity contribution in [3.63, 3.8) is 0 Å². The first-order chi connectivity index (χ1) is 8.71. The molecule has 0 N–H and O–H groups in total. The Kier molecular flexibility index (Phi) is 3.09. The molecule has 3 rings (SSSR count). The van der Waals surface area contributed by atoms with Gasteiger partial charge in [-0.15, -0.1) is 0 Å². The second kappa shape index (κ2) is 4.61. The van der Waals surface area contributed by atoms with Crippen molar-refractivity contribution >= 4 is 10.8 Å². The molecule has 1 spiro atoms. The summed E-state index contributed by atoms with van der Waals surface area (Å²) in [5.41, 5.74) is 1.17. The minimum atomic E-state index is -1.19. The zero-order chi connectivity index (χ0) is 12.6. The number of aryl methyl sites for hydroxylation is 1. The molecule has 1 aliphatic heterocycles. The van der Waals surface area contributed by atoms with E-state index in [9.17, 15) is 4.21 Å². The molecule has 18 heavy (non-hydrogen) atoms. The van der Waals surface area contributed by atoms with Gasteiger partial charge in [-0.25, -0.2) is 4.21 Å². The third-order valence-corrected chi connectivity index (χ3v) is 4.94. The van der Waals surface area contributed by atoms with Crippen LogP contribution < -0.4 is 0 Å². The van der Waals surface area contributed by atoms with Crippen molar-refractivity contribution in [1.29, 1.82) is 0 Å². The highest BCUT2D eigenvalue weighted by Gasteiger charge is 2.45. The smallest absolute Gasteiger partial charge is 0.203 e. The first-order valence-corrected chi connectivity index (χ1v) is 7.33. The quantitative estimate of drug-likeness (QED) is 0.823. The molecule has 0 unspecified atom stereocenters. The molecule has 1 fully saturated rings. The van der Waals surface area contributed by atoms with Crippen LogP contribution in [0.4, 0.5) is 0 Å². The van der Waals surface area contributed by atoms with Gasteiger partial charge in [-0.05, 0) is 25.5 Å². The predicted molar refractivity (Wildman–Crippen MR) is 69.5 cm³/mol. The van der Waals surface area contributed by atoms with Gasteiger partial charge in [-0.1, -0.05) is 23.8 Å². The highest BCUT2D eigenvalue weighted by atomic mass is 32.2. The molecular weight excluding hydrogens is 248 g/mol. The number of rotatable bonds is 2. The summed E-state index contributed by atoms with van der Waals surface area (Å²) in [5.74, 6) is -0.713. The Morgan fingerprint density at radius 1 is 1.17 bits per heavy atom. The third-order valence-electron chi connectivity index (χ3n) is 3.37. The molecule has 1 heterocycles. The average molecular weight is 264 g/mol. The summed E-state index contributed by atoms with van der Waals surface area (Å²) in [4.78, 5) is 1.59. The van der Waals surface area contributed by atoms with Crippen LogP contribution in [0.2, 0.25) is 0 Å². The molecule has 0 bridgehead atoms. The van der Waals surface area contributed by atoms with E-state index in [-0.39, 0.29) is 0 Å². The molecular formula is C14H16O3S. The summed E-state index contributed by atoms with van der Waals surface area (Å²) < 4.78 is 24.0. The fraction of sp³-hybridized carbons (Fsp3) is 0.429. The Hall–Kier alpha value is -0.970. The van der Waals surface area contributed by atoms with Crippen molar-refractivity contribution < 1.29 is 13.7 Å². The number of hydrogen-bond acceptors (Lipinski definition) is 3. The first-order valence-electron chi connectivity index (χ1n) is 6.18. The van der Waals surface area contributed by atoms with E-state index in [1.165, 1.54) is 5.56 Å². The normalized spacial score (nSPS) is 23.3. The Bertz CT molecular complexity index is 498. The van der Waals surface area contributed by atoms with Crippen molar-refractivity contribution in [3.8, 4) is 0 Å². The van der Waals surface area contributed by atoms with Gasteiger partial charge >= 0.3 is 0 Å². The maximum atomic E-state index is 12.6. The van der Waals surface area contributed by atoms with Crippen LogP contribution >= 0.6 is 0 Å². The van der Waals surface area contributed by atoms with Crippen LogP contribution in [0.1, 0.15) is 18.4 Å². The van der Waals surface area contributed by atoms with E-state index in [1.807, 2.05) is 37.3 Å². The molecule has 1 atom stereocenters. The largest absolute Gasteiger partial charge is 0.343 e. The first kappa shape index (κ1) is 12.1. The molecule has 1 aliphatic carbocycles. The van der Waals surface area contributed by atoms with Crippen molar-refractivity contribution in [2.45, 2.75) is 30.4 Å².